The van der Waals surface area contributed by atoms with Crippen LogP contribution in [0.25, 0.3) is 22.0 Å². The van der Waals surface area contributed by atoms with E-state index in [0.717, 1.165) is 12.1 Å². The van der Waals surface area contributed by atoms with Gasteiger partial charge in [-0.1, -0.05) is 59.1 Å². The fraction of sp³-hybridized carbons (Fsp3) is 0.0645. The van der Waals surface area contributed by atoms with Gasteiger partial charge in [-0.2, -0.15) is 18.3 Å². The first-order valence-corrected chi connectivity index (χ1v) is 13.8. The summed E-state index contributed by atoms with van der Waals surface area (Å²) < 4.78 is 49.7. The molecule has 0 unspecified atom stereocenters. The summed E-state index contributed by atoms with van der Waals surface area (Å²) in [5, 5.41) is 5.70. The average molecular weight is 661 g/mol. The quantitative estimate of drug-likeness (QED) is 0.0790. The number of aromatic nitrogens is 1. The maximum absolute atomic E-state index is 13.3. The highest BCUT2D eigenvalue weighted by Gasteiger charge is 2.31. The molecule has 5 rings (SSSR count). The normalized spacial score (nSPS) is 11.6. The van der Waals surface area contributed by atoms with Gasteiger partial charge in [0.15, 0.2) is 11.5 Å². The zero-order valence-electron chi connectivity index (χ0n) is 22.4. The number of nitrogens with one attached hydrogen (secondary N) is 2. The summed E-state index contributed by atoms with van der Waals surface area (Å²) in [6, 6.07) is 18.4. The van der Waals surface area contributed by atoms with Crippen molar-refractivity contribution in [2.75, 3.05) is 7.11 Å². The van der Waals surface area contributed by atoms with Crippen molar-refractivity contribution in [2.45, 2.75) is 6.18 Å². The number of hydrogen-bond acceptors (Lipinski definition) is 5. The van der Waals surface area contributed by atoms with Gasteiger partial charge in [0.25, 0.3) is 5.91 Å². The van der Waals surface area contributed by atoms with Crippen molar-refractivity contribution in [1.82, 2.24) is 10.4 Å². The number of carbonyl (C=O) groups is 2. The Balaban J connectivity index is 1.37. The van der Waals surface area contributed by atoms with Crippen molar-refractivity contribution < 1.29 is 32.2 Å². The number of ether oxygens (including phenoxy) is 2. The zero-order valence-corrected chi connectivity index (χ0v) is 24.7. The van der Waals surface area contributed by atoms with E-state index in [1.54, 1.807) is 36.4 Å². The summed E-state index contributed by atoms with van der Waals surface area (Å²) in [6.07, 6.45) is -3.30. The van der Waals surface area contributed by atoms with Crippen LogP contribution in [0.4, 0.5) is 13.2 Å². The van der Waals surface area contributed by atoms with Crippen LogP contribution >= 0.6 is 34.8 Å². The van der Waals surface area contributed by atoms with Gasteiger partial charge >= 0.3 is 12.1 Å². The minimum atomic E-state index is -4.62. The van der Waals surface area contributed by atoms with Crippen LogP contribution in [0.3, 0.4) is 0 Å². The van der Waals surface area contributed by atoms with E-state index < -0.39 is 23.6 Å². The van der Waals surface area contributed by atoms with Gasteiger partial charge < -0.3 is 14.5 Å². The van der Waals surface area contributed by atoms with Gasteiger partial charge in [-0.05, 0) is 60.2 Å². The maximum atomic E-state index is 13.3. The Morgan fingerprint density at radius 1 is 0.909 bits per heavy atom. The van der Waals surface area contributed by atoms with Crippen LogP contribution in [0.1, 0.15) is 32.0 Å². The van der Waals surface area contributed by atoms with E-state index in [-0.39, 0.29) is 22.8 Å². The number of esters is 1. The average Bonchev–Trinajstić information content (AvgIpc) is 3.37. The Morgan fingerprint density at radius 3 is 2.41 bits per heavy atom. The van der Waals surface area contributed by atoms with E-state index in [1.807, 2.05) is 0 Å². The lowest BCUT2D eigenvalue weighted by molar-refractivity contribution is -0.137. The van der Waals surface area contributed by atoms with E-state index >= 15 is 0 Å². The molecule has 1 amide bonds. The number of nitrogens with zero attached hydrogens (tertiary/aromatic N) is 1. The van der Waals surface area contributed by atoms with E-state index in [1.165, 1.54) is 37.6 Å². The molecule has 0 saturated carbocycles. The number of hydrazone groups is 1. The molecule has 44 heavy (non-hydrogen) atoms. The molecule has 224 valence electrons. The molecule has 0 aliphatic carbocycles. The highest BCUT2D eigenvalue weighted by molar-refractivity contribution is 6.39. The molecule has 5 aromatic rings. The predicted molar refractivity (Wildman–Crippen MR) is 163 cm³/mol. The zero-order chi connectivity index (χ0) is 31.6. The molecule has 0 aliphatic heterocycles. The summed E-state index contributed by atoms with van der Waals surface area (Å²) in [6.45, 7) is 0. The largest absolute Gasteiger partial charge is 0.493 e. The third-order valence-electron chi connectivity index (χ3n) is 6.39. The summed E-state index contributed by atoms with van der Waals surface area (Å²) >= 11 is 19.1. The highest BCUT2D eigenvalue weighted by atomic mass is 35.5. The van der Waals surface area contributed by atoms with Crippen molar-refractivity contribution in [1.29, 1.82) is 0 Å². The summed E-state index contributed by atoms with van der Waals surface area (Å²) in [5.41, 5.74) is 3.32. The second-order valence-corrected chi connectivity index (χ2v) is 10.5. The first kappa shape index (κ1) is 30.9. The van der Waals surface area contributed by atoms with E-state index in [9.17, 15) is 22.8 Å². The van der Waals surface area contributed by atoms with Crippen molar-refractivity contribution in [3.05, 3.63) is 116 Å². The highest BCUT2D eigenvalue weighted by Crippen LogP contribution is 2.40. The van der Waals surface area contributed by atoms with Gasteiger partial charge in [0.05, 0.1) is 35.0 Å². The van der Waals surface area contributed by atoms with Crippen LogP contribution in [0.2, 0.25) is 15.1 Å². The Kier molecular flexibility index (Phi) is 8.87. The van der Waals surface area contributed by atoms with Crippen LogP contribution in [0, 0.1) is 0 Å². The van der Waals surface area contributed by atoms with Crippen LogP contribution < -0.4 is 14.9 Å². The number of methoxy groups -OCH3 is 1. The van der Waals surface area contributed by atoms with Gasteiger partial charge in [0.1, 0.15) is 5.69 Å². The molecule has 1 aromatic heterocycles. The van der Waals surface area contributed by atoms with E-state index in [2.05, 4.69) is 15.5 Å². The number of rotatable bonds is 7. The lowest BCUT2D eigenvalue weighted by Crippen LogP contribution is -2.19. The molecule has 1 heterocycles. The monoisotopic (exact) mass is 659 g/mol. The minimum Gasteiger partial charge on any atom is -0.493 e. The number of halogens is 6. The van der Waals surface area contributed by atoms with Crippen molar-refractivity contribution in [3.8, 4) is 22.6 Å². The second kappa shape index (κ2) is 12.6. The number of alkyl halides is 3. The molecule has 13 heteroatoms. The molecule has 0 bridgehead atoms. The summed E-state index contributed by atoms with van der Waals surface area (Å²) in [5.74, 6) is -1.53. The fourth-order valence-corrected chi connectivity index (χ4v) is 5.16. The predicted octanol–water partition coefficient (Wildman–Crippen LogP) is 8.81. The number of benzene rings is 4. The lowest BCUT2D eigenvalue weighted by Gasteiger charge is -2.11. The molecular weight excluding hydrogens is 642 g/mol. The molecule has 0 saturated heterocycles. The molecular formula is C31H19Cl3F3N3O4. The Bertz CT molecular complexity index is 1940. The maximum Gasteiger partial charge on any atom is 0.416 e. The molecule has 0 aliphatic rings. The fourth-order valence-electron chi connectivity index (χ4n) is 4.39. The first-order valence-electron chi connectivity index (χ1n) is 12.6. The number of hydrogen-bond donors (Lipinski definition) is 2. The third kappa shape index (κ3) is 6.52. The number of fused-ring (bicyclic) bond motifs is 1. The SMILES string of the molecule is COc1cc(C=NNC(=O)c2[nH]c3c(Cl)cc(Cl)cc3c2-c2ccccc2Cl)ccc1OC(=O)c1cccc(C(F)(F)F)c1. The van der Waals surface area contributed by atoms with Crippen molar-refractivity contribution in [3.63, 3.8) is 0 Å². The van der Waals surface area contributed by atoms with Crippen molar-refractivity contribution >= 4 is 63.8 Å². The number of H-pyrrole nitrogens is 1. The van der Waals surface area contributed by atoms with Gasteiger partial charge in [0.2, 0.25) is 0 Å². The Hall–Kier alpha value is -4.51. The number of aromatic amines is 1. The molecule has 7 nitrogen and oxygen atoms in total. The molecule has 0 spiro atoms. The standard InChI is InChI=1S/C31H19Cl3F3N3O4/c1-43-25-11-16(9-10-24(25)44-30(42)17-5-4-6-18(12-17)31(35,36)37)15-38-40-29(41)28-26(20-7-2-3-8-22(20)33)21-13-19(32)14-23(34)27(21)39-28/h2-15,39H,1H3,(H,40,41). The Morgan fingerprint density at radius 2 is 1.68 bits per heavy atom. The van der Waals surface area contributed by atoms with E-state index in [4.69, 9.17) is 44.3 Å². The van der Waals surface area contributed by atoms with Gasteiger partial charge in [0, 0.05) is 26.6 Å². The minimum absolute atomic E-state index is 0.0332. The molecule has 4 aromatic carbocycles. The number of carbonyl (C=O) groups excluding carboxylic acids is 2. The van der Waals surface area contributed by atoms with Gasteiger partial charge in [-0.25, -0.2) is 10.2 Å². The summed E-state index contributed by atoms with van der Waals surface area (Å²) in [4.78, 5) is 28.9. The number of amides is 1. The Labute approximate surface area is 263 Å². The molecule has 0 radical (unpaired) electrons. The van der Waals surface area contributed by atoms with Gasteiger partial charge in [-0.3, -0.25) is 4.79 Å². The second-order valence-electron chi connectivity index (χ2n) is 9.24. The van der Waals surface area contributed by atoms with Crippen molar-refractivity contribution in [2.24, 2.45) is 5.10 Å². The smallest absolute Gasteiger partial charge is 0.416 e. The van der Waals surface area contributed by atoms with Crippen LogP contribution in [0.5, 0.6) is 11.5 Å². The van der Waals surface area contributed by atoms with Gasteiger partial charge in [-0.15, -0.1) is 0 Å². The van der Waals surface area contributed by atoms with Crippen LogP contribution in [-0.4, -0.2) is 30.2 Å². The lowest BCUT2D eigenvalue weighted by atomic mass is 10.0. The summed E-state index contributed by atoms with van der Waals surface area (Å²) in [7, 11) is 1.32. The first-order chi connectivity index (χ1) is 21.0. The molecule has 2 N–H and O–H groups in total. The van der Waals surface area contributed by atoms with Crippen LogP contribution in [0.15, 0.2) is 84.0 Å². The van der Waals surface area contributed by atoms with Crippen LogP contribution in [-0.2, 0) is 6.18 Å². The molecule has 0 atom stereocenters. The third-order valence-corrected chi connectivity index (χ3v) is 7.24. The van der Waals surface area contributed by atoms with E-state index in [0.29, 0.717) is 48.7 Å². The topological polar surface area (TPSA) is 92.8 Å². The molecule has 0 fully saturated rings.